The first-order valence-corrected chi connectivity index (χ1v) is 7.03. The van der Waals surface area contributed by atoms with Gasteiger partial charge in [0.1, 0.15) is 12.1 Å². The molecule has 0 aromatic rings. The number of carbonyl (C=O) groups is 3. The van der Waals surface area contributed by atoms with E-state index in [4.69, 9.17) is 4.84 Å². The number of amides is 4. The SMILES string of the molecule is CCONC(=O)CN1C(=O)N(C)C2(CCCCC2)C1=O. The van der Waals surface area contributed by atoms with Gasteiger partial charge in [-0.05, 0) is 19.8 Å². The normalized spacial score (nSPS) is 21.7. The number of carbonyl (C=O) groups excluding carboxylic acids is 3. The first-order chi connectivity index (χ1) is 9.53. The molecule has 0 radical (unpaired) electrons. The van der Waals surface area contributed by atoms with Crippen LogP contribution >= 0.6 is 0 Å². The van der Waals surface area contributed by atoms with Crippen LogP contribution in [0.3, 0.4) is 0 Å². The van der Waals surface area contributed by atoms with Crippen LogP contribution < -0.4 is 5.48 Å². The van der Waals surface area contributed by atoms with E-state index in [1.165, 1.54) is 4.90 Å². The Morgan fingerprint density at radius 3 is 2.55 bits per heavy atom. The summed E-state index contributed by atoms with van der Waals surface area (Å²) in [5, 5.41) is 0. The number of nitrogens with zero attached hydrogens (tertiary/aromatic N) is 2. The Morgan fingerprint density at radius 1 is 1.30 bits per heavy atom. The molecule has 0 aromatic heterocycles. The maximum atomic E-state index is 12.6. The lowest BCUT2D eigenvalue weighted by Gasteiger charge is -2.35. The molecule has 1 aliphatic carbocycles. The van der Waals surface area contributed by atoms with Gasteiger partial charge in [0.15, 0.2) is 0 Å². The van der Waals surface area contributed by atoms with Crippen molar-refractivity contribution >= 4 is 17.8 Å². The molecule has 1 saturated carbocycles. The molecule has 0 aromatic carbocycles. The summed E-state index contributed by atoms with van der Waals surface area (Å²) in [6.45, 7) is 1.78. The first kappa shape index (κ1) is 14.8. The van der Waals surface area contributed by atoms with Crippen molar-refractivity contribution < 1.29 is 19.2 Å². The third-order valence-electron chi connectivity index (χ3n) is 4.12. The second kappa shape index (κ2) is 5.78. The van der Waals surface area contributed by atoms with Crippen LogP contribution in [-0.2, 0) is 14.4 Å². The Labute approximate surface area is 118 Å². The quantitative estimate of drug-likeness (QED) is 0.607. The van der Waals surface area contributed by atoms with Gasteiger partial charge in [0, 0.05) is 7.05 Å². The lowest BCUT2D eigenvalue weighted by Crippen LogP contribution is -2.49. The van der Waals surface area contributed by atoms with E-state index in [0.29, 0.717) is 19.4 Å². The minimum absolute atomic E-state index is 0.253. The smallest absolute Gasteiger partial charge is 0.313 e. The lowest BCUT2D eigenvalue weighted by molar-refractivity contribution is -0.141. The zero-order valence-corrected chi connectivity index (χ0v) is 12.0. The molecular formula is C13H21N3O4. The van der Waals surface area contributed by atoms with Crippen LogP contribution in [0.4, 0.5) is 4.79 Å². The number of hydrogen-bond donors (Lipinski definition) is 1. The van der Waals surface area contributed by atoms with E-state index in [2.05, 4.69) is 5.48 Å². The van der Waals surface area contributed by atoms with Gasteiger partial charge in [-0.15, -0.1) is 0 Å². The average Bonchev–Trinajstić information content (AvgIpc) is 2.62. The fourth-order valence-corrected chi connectivity index (χ4v) is 3.00. The van der Waals surface area contributed by atoms with Crippen molar-refractivity contribution in [2.24, 2.45) is 0 Å². The van der Waals surface area contributed by atoms with Gasteiger partial charge in [-0.2, -0.15) is 0 Å². The Kier molecular flexibility index (Phi) is 4.27. The largest absolute Gasteiger partial charge is 0.327 e. The zero-order valence-electron chi connectivity index (χ0n) is 12.0. The molecule has 4 amide bonds. The molecule has 1 heterocycles. The van der Waals surface area contributed by atoms with Gasteiger partial charge in [0.25, 0.3) is 11.8 Å². The molecule has 112 valence electrons. The lowest BCUT2D eigenvalue weighted by atomic mass is 9.81. The molecule has 1 aliphatic heterocycles. The summed E-state index contributed by atoms with van der Waals surface area (Å²) in [7, 11) is 1.64. The number of likely N-dealkylation sites (N-methyl/N-ethyl adjacent to an activating group) is 1. The molecule has 0 unspecified atom stereocenters. The van der Waals surface area contributed by atoms with E-state index in [1.54, 1.807) is 14.0 Å². The molecule has 1 spiro atoms. The van der Waals surface area contributed by atoms with Crippen molar-refractivity contribution in [3.63, 3.8) is 0 Å². The highest BCUT2D eigenvalue weighted by Gasteiger charge is 2.55. The maximum Gasteiger partial charge on any atom is 0.327 e. The summed E-state index contributed by atoms with van der Waals surface area (Å²) in [6.07, 6.45) is 4.31. The minimum atomic E-state index is -0.735. The van der Waals surface area contributed by atoms with Crippen molar-refractivity contribution in [1.29, 1.82) is 0 Å². The van der Waals surface area contributed by atoms with Crippen LogP contribution in [0.5, 0.6) is 0 Å². The molecule has 1 saturated heterocycles. The van der Waals surface area contributed by atoms with Gasteiger partial charge >= 0.3 is 6.03 Å². The predicted molar refractivity (Wildman–Crippen MR) is 70.5 cm³/mol. The van der Waals surface area contributed by atoms with Gasteiger partial charge in [-0.3, -0.25) is 19.3 Å². The summed E-state index contributed by atoms with van der Waals surface area (Å²) >= 11 is 0. The molecule has 0 bridgehead atoms. The number of nitrogens with one attached hydrogen (secondary N) is 1. The number of rotatable bonds is 4. The molecule has 1 N–H and O–H groups in total. The van der Waals surface area contributed by atoms with Crippen molar-refractivity contribution in [2.45, 2.75) is 44.6 Å². The van der Waals surface area contributed by atoms with E-state index in [1.807, 2.05) is 0 Å². The fourth-order valence-electron chi connectivity index (χ4n) is 3.00. The van der Waals surface area contributed by atoms with Crippen molar-refractivity contribution in [2.75, 3.05) is 20.2 Å². The number of hydroxylamine groups is 1. The Hall–Kier alpha value is -1.63. The van der Waals surface area contributed by atoms with Gasteiger partial charge in [-0.1, -0.05) is 19.3 Å². The molecule has 2 aliphatic rings. The molecular weight excluding hydrogens is 262 g/mol. The molecule has 7 heteroatoms. The fraction of sp³-hybridized carbons (Fsp3) is 0.769. The van der Waals surface area contributed by atoms with Crippen molar-refractivity contribution in [3.8, 4) is 0 Å². The first-order valence-electron chi connectivity index (χ1n) is 7.03. The topological polar surface area (TPSA) is 79.0 Å². The summed E-state index contributed by atoms with van der Waals surface area (Å²) in [5.41, 5.74) is 1.47. The van der Waals surface area contributed by atoms with E-state index in [-0.39, 0.29) is 12.5 Å². The summed E-state index contributed by atoms with van der Waals surface area (Å²) in [6, 6.07) is -0.399. The molecule has 20 heavy (non-hydrogen) atoms. The number of urea groups is 1. The van der Waals surface area contributed by atoms with Gasteiger partial charge in [0.05, 0.1) is 6.61 Å². The molecule has 7 nitrogen and oxygen atoms in total. The van der Waals surface area contributed by atoms with Crippen LogP contribution in [-0.4, -0.2) is 53.4 Å². The number of hydrogen-bond acceptors (Lipinski definition) is 4. The Balaban J connectivity index is 2.09. The van der Waals surface area contributed by atoms with Crippen LogP contribution in [0.1, 0.15) is 39.0 Å². The summed E-state index contributed by atoms with van der Waals surface area (Å²) in [5.74, 6) is -0.744. The third-order valence-corrected chi connectivity index (χ3v) is 4.12. The molecule has 2 rings (SSSR count). The predicted octanol–water partition coefficient (Wildman–Crippen LogP) is 0.651. The maximum absolute atomic E-state index is 12.6. The van der Waals surface area contributed by atoms with Gasteiger partial charge in [0.2, 0.25) is 0 Å². The summed E-state index contributed by atoms with van der Waals surface area (Å²) in [4.78, 5) is 43.7. The second-order valence-electron chi connectivity index (χ2n) is 5.28. The van der Waals surface area contributed by atoms with Crippen LogP contribution in [0.25, 0.3) is 0 Å². The zero-order chi connectivity index (χ0) is 14.8. The van der Waals surface area contributed by atoms with Crippen LogP contribution in [0, 0.1) is 0 Å². The van der Waals surface area contributed by atoms with Crippen molar-refractivity contribution in [1.82, 2.24) is 15.3 Å². The highest BCUT2D eigenvalue weighted by molar-refractivity contribution is 6.08. The Bertz CT molecular complexity index is 418. The molecule has 2 fully saturated rings. The Morgan fingerprint density at radius 2 is 1.95 bits per heavy atom. The minimum Gasteiger partial charge on any atom is -0.313 e. The highest BCUT2D eigenvalue weighted by Crippen LogP contribution is 2.39. The highest BCUT2D eigenvalue weighted by atomic mass is 16.6. The van der Waals surface area contributed by atoms with E-state index in [0.717, 1.165) is 24.2 Å². The second-order valence-corrected chi connectivity index (χ2v) is 5.28. The number of imide groups is 1. The standard InChI is InChI=1S/C13H21N3O4/c1-3-20-14-10(17)9-16-11(18)13(15(2)12(16)19)7-5-4-6-8-13/h3-9H2,1-2H3,(H,14,17). The van der Waals surface area contributed by atoms with E-state index < -0.39 is 17.5 Å². The van der Waals surface area contributed by atoms with Gasteiger partial charge < -0.3 is 4.90 Å². The van der Waals surface area contributed by atoms with Crippen LogP contribution in [0.15, 0.2) is 0 Å². The average molecular weight is 283 g/mol. The van der Waals surface area contributed by atoms with Gasteiger partial charge in [-0.25, -0.2) is 10.3 Å². The summed E-state index contributed by atoms with van der Waals surface area (Å²) < 4.78 is 0. The van der Waals surface area contributed by atoms with Crippen LogP contribution in [0.2, 0.25) is 0 Å². The van der Waals surface area contributed by atoms with E-state index in [9.17, 15) is 14.4 Å². The van der Waals surface area contributed by atoms with Crippen molar-refractivity contribution in [3.05, 3.63) is 0 Å². The molecule has 0 atom stereocenters. The van der Waals surface area contributed by atoms with E-state index >= 15 is 0 Å². The monoisotopic (exact) mass is 283 g/mol. The third kappa shape index (κ3) is 2.37.